The van der Waals surface area contributed by atoms with Crippen molar-refractivity contribution < 1.29 is 9.53 Å². The summed E-state index contributed by atoms with van der Waals surface area (Å²) in [7, 11) is 0. The summed E-state index contributed by atoms with van der Waals surface area (Å²) in [5.74, 6) is 2.84. The van der Waals surface area contributed by atoms with E-state index >= 15 is 0 Å². The van der Waals surface area contributed by atoms with Gasteiger partial charge in [-0.05, 0) is 30.7 Å². The summed E-state index contributed by atoms with van der Waals surface area (Å²) in [6.07, 6.45) is 2.08. The van der Waals surface area contributed by atoms with Crippen LogP contribution in [0.3, 0.4) is 0 Å². The molecule has 0 spiro atoms. The van der Waals surface area contributed by atoms with Gasteiger partial charge >= 0.3 is 0 Å². The lowest BCUT2D eigenvalue weighted by Gasteiger charge is -2.19. The van der Waals surface area contributed by atoms with E-state index < -0.39 is 0 Å². The lowest BCUT2D eigenvalue weighted by molar-refractivity contribution is -0.121. The molecule has 0 saturated carbocycles. The van der Waals surface area contributed by atoms with Gasteiger partial charge in [-0.2, -0.15) is 5.10 Å². The lowest BCUT2D eigenvalue weighted by atomic mass is 10.2. The standard InChI is InChI=1S/C20H21ClN2O2S2/c1-20(26-9-10-27-20)12-19(24)23-22-13-15-5-4-7-17(11-15)25-14-16-6-2-3-8-18(16)21/h2-8,11,13H,9-10,12,14H2,1H3,(H,23,24)/b22-13-. The van der Waals surface area contributed by atoms with Gasteiger partial charge in [0.25, 0.3) is 0 Å². The second kappa shape index (κ2) is 9.53. The molecule has 1 heterocycles. The molecule has 0 radical (unpaired) electrons. The van der Waals surface area contributed by atoms with Crippen LogP contribution in [0.5, 0.6) is 5.75 Å². The van der Waals surface area contributed by atoms with Gasteiger partial charge in [0.15, 0.2) is 0 Å². The van der Waals surface area contributed by atoms with Crippen molar-refractivity contribution in [2.24, 2.45) is 5.10 Å². The molecule has 2 aromatic carbocycles. The first kappa shape index (κ1) is 20.1. The van der Waals surface area contributed by atoms with Crippen LogP contribution in [0.25, 0.3) is 0 Å². The first-order valence-electron chi connectivity index (χ1n) is 8.60. The first-order valence-corrected chi connectivity index (χ1v) is 11.0. The number of hydrogen-bond acceptors (Lipinski definition) is 5. The molecule has 1 aliphatic rings. The summed E-state index contributed by atoms with van der Waals surface area (Å²) < 4.78 is 5.77. The number of hydrogen-bond donors (Lipinski definition) is 1. The van der Waals surface area contributed by atoms with Crippen LogP contribution in [-0.4, -0.2) is 27.7 Å². The smallest absolute Gasteiger partial charge is 0.242 e. The molecular formula is C20H21ClN2O2S2. The van der Waals surface area contributed by atoms with Crippen LogP contribution in [0.2, 0.25) is 5.02 Å². The van der Waals surface area contributed by atoms with E-state index in [0.29, 0.717) is 18.1 Å². The number of nitrogens with one attached hydrogen (secondary N) is 1. The van der Waals surface area contributed by atoms with Gasteiger partial charge in [0, 0.05) is 22.1 Å². The van der Waals surface area contributed by atoms with Gasteiger partial charge < -0.3 is 4.74 Å². The van der Waals surface area contributed by atoms with E-state index in [1.807, 2.05) is 72.1 Å². The summed E-state index contributed by atoms with van der Waals surface area (Å²) in [5, 5.41) is 4.75. The second-order valence-electron chi connectivity index (χ2n) is 6.25. The molecule has 0 bridgehead atoms. The zero-order chi connectivity index (χ0) is 19.1. The van der Waals surface area contributed by atoms with E-state index in [2.05, 4.69) is 17.5 Å². The van der Waals surface area contributed by atoms with Crippen molar-refractivity contribution in [1.82, 2.24) is 5.43 Å². The number of carbonyl (C=O) groups excluding carboxylic acids is 1. The molecule has 1 amide bonds. The minimum Gasteiger partial charge on any atom is -0.489 e. The third kappa shape index (κ3) is 6.19. The number of amides is 1. The number of nitrogens with zero attached hydrogens (tertiary/aromatic N) is 1. The summed E-state index contributed by atoms with van der Waals surface area (Å²) in [6, 6.07) is 15.1. The number of carbonyl (C=O) groups is 1. The number of halogens is 1. The van der Waals surface area contributed by atoms with Crippen molar-refractivity contribution in [3.05, 3.63) is 64.7 Å². The van der Waals surface area contributed by atoms with Crippen molar-refractivity contribution in [2.75, 3.05) is 11.5 Å². The largest absolute Gasteiger partial charge is 0.489 e. The topological polar surface area (TPSA) is 50.7 Å². The van der Waals surface area contributed by atoms with E-state index in [1.165, 1.54) is 0 Å². The Morgan fingerprint density at radius 2 is 2.04 bits per heavy atom. The molecule has 0 aliphatic carbocycles. The highest BCUT2D eigenvalue weighted by Crippen LogP contribution is 2.45. The van der Waals surface area contributed by atoms with E-state index in [4.69, 9.17) is 16.3 Å². The van der Waals surface area contributed by atoms with Crippen molar-refractivity contribution in [3.8, 4) is 5.75 Å². The first-order chi connectivity index (χ1) is 13.0. The molecule has 2 aromatic rings. The molecule has 1 fully saturated rings. The Hall–Kier alpha value is -1.63. The zero-order valence-electron chi connectivity index (χ0n) is 15.0. The Balaban J connectivity index is 1.51. The maximum atomic E-state index is 12.1. The SMILES string of the molecule is CC1(CC(=O)N/N=C\c2cccc(OCc3ccccc3Cl)c2)SCCS1. The van der Waals surface area contributed by atoms with E-state index in [1.54, 1.807) is 6.21 Å². The van der Waals surface area contributed by atoms with Crippen molar-refractivity contribution >= 4 is 47.2 Å². The fourth-order valence-corrected chi connectivity index (χ4v) is 5.65. The molecule has 1 saturated heterocycles. The van der Waals surface area contributed by atoms with E-state index in [0.717, 1.165) is 28.4 Å². The third-order valence-corrected chi connectivity index (χ3v) is 7.65. The van der Waals surface area contributed by atoms with Crippen LogP contribution >= 0.6 is 35.1 Å². The molecule has 0 unspecified atom stereocenters. The predicted octanol–water partition coefficient (Wildman–Crippen LogP) is 4.96. The number of hydrazone groups is 1. The average Bonchev–Trinajstić information content (AvgIpc) is 3.07. The lowest BCUT2D eigenvalue weighted by Crippen LogP contribution is -2.26. The number of ether oxygens (including phenoxy) is 1. The molecule has 7 heteroatoms. The molecule has 142 valence electrons. The normalized spacial score (nSPS) is 15.8. The summed E-state index contributed by atoms with van der Waals surface area (Å²) in [5.41, 5.74) is 4.40. The molecular weight excluding hydrogens is 400 g/mol. The van der Waals surface area contributed by atoms with Crippen LogP contribution in [0.15, 0.2) is 53.6 Å². The fraction of sp³-hybridized carbons (Fsp3) is 0.300. The molecule has 0 atom stereocenters. The molecule has 3 rings (SSSR count). The van der Waals surface area contributed by atoms with Crippen LogP contribution in [0.1, 0.15) is 24.5 Å². The Morgan fingerprint density at radius 3 is 2.81 bits per heavy atom. The molecule has 0 aromatic heterocycles. The maximum absolute atomic E-state index is 12.1. The zero-order valence-corrected chi connectivity index (χ0v) is 17.4. The summed E-state index contributed by atoms with van der Waals surface area (Å²) in [6.45, 7) is 2.50. The van der Waals surface area contributed by atoms with Gasteiger partial charge in [-0.15, -0.1) is 23.5 Å². The minimum absolute atomic E-state index is 0.0356. The van der Waals surface area contributed by atoms with Crippen LogP contribution in [-0.2, 0) is 11.4 Å². The maximum Gasteiger partial charge on any atom is 0.242 e. The second-order valence-corrected chi connectivity index (χ2v) is 10.1. The minimum atomic E-state index is -0.0678. The third-order valence-electron chi connectivity index (χ3n) is 3.99. The highest BCUT2D eigenvalue weighted by Gasteiger charge is 2.32. The van der Waals surface area contributed by atoms with E-state index in [9.17, 15) is 4.79 Å². The summed E-state index contributed by atoms with van der Waals surface area (Å²) in [4.78, 5) is 12.1. The number of benzene rings is 2. The average molecular weight is 421 g/mol. The van der Waals surface area contributed by atoms with E-state index in [-0.39, 0.29) is 9.99 Å². The van der Waals surface area contributed by atoms with Gasteiger partial charge in [-0.1, -0.05) is 41.9 Å². The van der Waals surface area contributed by atoms with Crippen molar-refractivity contribution in [2.45, 2.75) is 24.0 Å². The highest BCUT2D eigenvalue weighted by atomic mass is 35.5. The predicted molar refractivity (Wildman–Crippen MR) is 116 cm³/mol. The van der Waals surface area contributed by atoms with Crippen molar-refractivity contribution in [3.63, 3.8) is 0 Å². The van der Waals surface area contributed by atoms with Gasteiger partial charge in [0.2, 0.25) is 5.91 Å². The van der Waals surface area contributed by atoms with Gasteiger partial charge in [0.1, 0.15) is 12.4 Å². The number of rotatable bonds is 7. The van der Waals surface area contributed by atoms with Crippen LogP contribution in [0, 0.1) is 0 Å². The molecule has 1 aliphatic heterocycles. The van der Waals surface area contributed by atoms with Gasteiger partial charge in [-0.25, -0.2) is 5.43 Å². The highest BCUT2D eigenvalue weighted by molar-refractivity contribution is 8.21. The Bertz CT molecular complexity index is 823. The quantitative estimate of drug-likeness (QED) is 0.508. The van der Waals surface area contributed by atoms with Crippen LogP contribution in [0.4, 0.5) is 0 Å². The molecule has 4 nitrogen and oxygen atoms in total. The fourth-order valence-electron chi connectivity index (χ4n) is 2.63. The monoisotopic (exact) mass is 420 g/mol. The number of thioether (sulfide) groups is 2. The Morgan fingerprint density at radius 1 is 1.26 bits per heavy atom. The van der Waals surface area contributed by atoms with Crippen molar-refractivity contribution in [1.29, 1.82) is 0 Å². The molecule has 27 heavy (non-hydrogen) atoms. The molecule has 1 N–H and O–H groups in total. The van der Waals surface area contributed by atoms with Gasteiger partial charge in [-0.3, -0.25) is 4.79 Å². The van der Waals surface area contributed by atoms with Gasteiger partial charge in [0.05, 0.1) is 16.7 Å². The Kier molecular flexibility index (Phi) is 7.10. The Labute approximate surface area is 173 Å². The summed E-state index contributed by atoms with van der Waals surface area (Å²) >= 11 is 9.81. The van der Waals surface area contributed by atoms with Crippen LogP contribution < -0.4 is 10.2 Å².